The van der Waals surface area contributed by atoms with Crippen LogP contribution < -0.4 is 10.6 Å². The third-order valence-corrected chi connectivity index (χ3v) is 5.29. The maximum atomic E-state index is 6.01. The van der Waals surface area contributed by atoms with Crippen LogP contribution >= 0.6 is 24.0 Å². The average Bonchev–Trinajstić information content (AvgIpc) is 3.40. The second-order valence-corrected chi connectivity index (χ2v) is 7.59. The van der Waals surface area contributed by atoms with Crippen LogP contribution in [0.3, 0.4) is 0 Å². The summed E-state index contributed by atoms with van der Waals surface area (Å²) < 4.78 is 16.9. The third-order valence-electron chi connectivity index (χ3n) is 5.29. The first kappa shape index (κ1) is 23.5. The van der Waals surface area contributed by atoms with Crippen LogP contribution in [-0.2, 0) is 15.9 Å². The first-order chi connectivity index (χ1) is 13.4. The SMILES string of the molecule is I.c1coc(CCNC(=NCC2CCOC2)NCCCOC2CCCCC2)c1. The molecule has 0 bridgehead atoms. The van der Waals surface area contributed by atoms with Crippen molar-refractivity contribution in [3.8, 4) is 0 Å². The number of hydrogen-bond acceptors (Lipinski definition) is 4. The van der Waals surface area contributed by atoms with Gasteiger partial charge in [-0.1, -0.05) is 19.3 Å². The number of nitrogens with zero attached hydrogens (tertiary/aromatic N) is 1. The molecule has 2 heterocycles. The molecule has 2 aliphatic rings. The quantitative estimate of drug-likeness (QED) is 0.220. The number of ether oxygens (including phenoxy) is 2. The molecule has 1 saturated carbocycles. The largest absolute Gasteiger partial charge is 0.469 e. The number of furan rings is 1. The summed E-state index contributed by atoms with van der Waals surface area (Å²) in [5.41, 5.74) is 0. The molecule has 0 aromatic carbocycles. The molecule has 1 aromatic rings. The Labute approximate surface area is 186 Å². The van der Waals surface area contributed by atoms with Crippen molar-refractivity contribution >= 4 is 29.9 Å². The second kappa shape index (κ2) is 14.2. The normalized spacial score (nSPS) is 20.7. The number of halogens is 1. The van der Waals surface area contributed by atoms with E-state index in [1.807, 2.05) is 12.1 Å². The highest BCUT2D eigenvalue weighted by atomic mass is 127. The molecule has 1 unspecified atom stereocenters. The van der Waals surface area contributed by atoms with Gasteiger partial charge < -0.3 is 24.5 Å². The van der Waals surface area contributed by atoms with E-state index in [1.54, 1.807) is 6.26 Å². The minimum atomic E-state index is 0. The number of guanidine groups is 1. The Kier molecular flexibility index (Phi) is 11.9. The topological polar surface area (TPSA) is 68.0 Å². The van der Waals surface area contributed by atoms with E-state index in [2.05, 4.69) is 10.6 Å². The molecule has 2 N–H and O–H groups in total. The van der Waals surface area contributed by atoms with Gasteiger partial charge in [0, 0.05) is 45.2 Å². The van der Waals surface area contributed by atoms with Crippen molar-refractivity contribution in [3.63, 3.8) is 0 Å². The molecule has 1 aromatic heterocycles. The van der Waals surface area contributed by atoms with Crippen LogP contribution in [0.5, 0.6) is 0 Å². The fraction of sp³-hybridized carbons (Fsp3) is 0.762. The molecular formula is C21H36IN3O3. The van der Waals surface area contributed by atoms with Crippen LogP contribution in [0.15, 0.2) is 27.8 Å². The Morgan fingerprint density at radius 2 is 2.00 bits per heavy atom. The van der Waals surface area contributed by atoms with Crippen LogP contribution in [0.25, 0.3) is 0 Å². The van der Waals surface area contributed by atoms with Crippen molar-refractivity contribution in [3.05, 3.63) is 24.2 Å². The highest BCUT2D eigenvalue weighted by Crippen LogP contribution is 2.20. The summed E-state index contributed by atoms with van der Waals surface area (Å²) in [7, 11) is 0. The van der Waals surface area contributed by atoms with Gasteiger partial charge >= 0.3 is 0 Å². The van der Waals surface area contributed by atoms with Gasteiger partial charge in [0.2, 0.25) is 0 Å². The molecular weight excluding hydrogens is 469 g/mol. The first-order valence-electron chi connectivity index (χ1n) is 10.6. The Morgan fingerprint density at radius 3 is 2.75 bits per heavy atom. The van der Waals surface area contributed by atoms with E-state index in [0.717, 1.165) is 70.4 Å². The number of aliphatic imine (C=N–C) groups is 1. The zero-order valence-electron chi connectivity index (χ0n) is 16.9. The van der Waals surface area contributed by atoms with Gasteiger partial charge in [0.15, 0.2) is 5.96 Å². The molecule has 28 heavy (non-hydrogen) atoms. The van der Waals surface area contributed by atoms with Crippen LogP contribution in [-0.4, -0.2) is 51.5 Å². The number of hydrogen-bond donors (Lipinski definition) is 2. The van der Waals surface area contributed by atoms with Gasteiger partial charge in [0.05, 0.1) is 19.0 Å². The Morgan fingerprint density at radius 1 is 1.14 bits per heavy atom. The van der Waals surface area contributed by atoms with E-state index < -0.39 is 0 Å². The van der Waals surface area contributed by atoms with Gasteiger partial charge in [-0.3, -0.25) is 4.99 Å². The van der Waals surface area contributed by atoms with Gasteiger partial charge in [-0.15, -0.1) is 24.0 Å². The third kappa shape index (κ3) is 9.13. The van der Waals surface area contributed by atoms with Crippen molar-refractivity contribution in [2.45, 2.75) is 57.5 Å². The van der Waals surface area contributed by atoms with E-state index in [-0.39, 0.29) is 24.0 Å². The highest BCUT2D eigenvalue weighted by molar-refractivity contribution is 14.0. The lowest BCUT2D eigenvalue weighted by Gasteiger charge is -2.22. The lowest BCUT2D eigenvalue weighted by atomic mass is 9.98. The Hall–Kier alpha value is -0.800. The lowest BCUT2D eigenvalue weighted by Crippen LogP contribution is -2.39. The molecule has 1 aliphatic carbocycles. The maximum absolute atomic E-state index is 6.01. The van der Waals surface area contributed by atoms with Crippen molar-refractivity contribution in [1.29, 1.82) is 0 Å². The molecule has 6 nitrogen and oxygen atoms in total. The van der Waals surface area contributed by atoms with Gasteiger partial charge in [-0.05, 0) is 37.8 Å². The van der Waals surface area contributed by atoms with E-state index >= 15 is 0 Å². The van der Waals surface area contributed by atoms with Crippen LogP contribution in [0, 0.1) is 5.92 Å². The summed E-state index contributed by atoms with van der Waals surface area (Å²) in [5, 5.41) is 6.87. The van der Waals surface area contributed by atoms with Crippen molar-refractivity contribution in [2.24, 2.45) is 10.9 Å². The summed E-state index contributed by atoms with van der Waals surface area (Å²) in [6.45, 7) is 5.02. The zero-order chi connectivity index (χ0) is 18.6. The number of nitrogens with one attached hydrogen (secondary N) is 2. The lowest BCUT2D eigenvalue weighted by molar-refractivity contribution is 0.0277. The van der Waals surface area contributed by atoms with Gasteiger partial charge in [0.25, 0.3) is 0 Å². The maximum Gasteiger partial charge on any atom is 0.191 e. The first-order valence-corrected chi connectivity index (χ1v) is 10.6. The molecule has 0 spiro atoms. The molecule has 7 heteroatoms. The second-order valence-electron chi connectivity index (χ2n) is 7.59. The van der Waals surface area contributed by atoms with Crippen molar-refractivity contribution in [1.82, 2.24) is 10.6 Å². The summed E-state index contributed by atoms with van der Waals surface area (Å²) in [5.74, 6) is 2.42. The molecule has 1 atom stereocenters. The van der Waals surface area contributed by atoms with Gasteiger partial charge in [0.1, 0.15) is 5.76 Å². The van der Waals surface area contributed by atoms with E-state index in [0.29, 0.717) is 12.0 Å². The van der Waals surface area contributed by atoms with Crippen molar-refractivity contribution < 1.29 is 13.9 Å². The molecule has 3 rings (SSSR count). The predicted molar refractivity (Wildman–Crippen MR) is 123 cm³/mol. The summed E-state index contributed by atoms with van der Waals surface area (Å²) >= 11 is 0. The Bertz CT molecular complexity index is 527. The predicted octanol–water partition coefficient (Wildman–Crippen LogP) is 3.75. The molecule has 2 fully saturated rings. The van der Waals surface area contributed by atoms with E-state index in [1.165, 1.54) is 32.1 Å². The van der Waals surface area contributed by atoms with Crippen LogP contribution in [0.4, 0.5) is 0 Å². The number of rotatable bonds is 10. The van der Waals surface area contributed by atoms with E-state index in [4.69, 9.17) is 18.9 Å². The fourth-order valence-corrected chi connectivity index (χ4v) is 3.64. The monoisotopic (exact) mass is 505 g/mol. The summed E-state index contributed by atoms with van der Waals surface area (Å²) in [6.07, 6.45) is 11.7. The molecule has 0 radical (unpaired) electrons. The zero-order valence-corrected chi connectivity index (χ0v) is 19.2. The van der Waals surface area contributed by atoms with Crippen LogP contribution in [0.2, 0.25) is 0 Å². The smallest absolute Gasteiger partial charge is 0.191 e. The molecule has 0 amide bonds. The standard InChI is InChI=1S/C21H35N3O3.HI/c1-2-6-19(7-3-1)27-14-5-11-22-21(24-16-18-10-15-25-17-18)23-12-9-20-8-4-13-26-20;/h4,8,13,18-19H,1-3,5-7,9-12,14-17H2,(H2,22,23,24);1H. The molecule has 160 valence electrons. The summed E-state index contributed by atoms with van der Waals surface area (Å²) in [4.78, 5) is 4.76. The minimum absolute atomic E-state index is 0. The van der Waals surface area contributed by atoms with E-state index in [9.17, 15) is 0 Å². The fourth-order valence-electron chi connectivity index (χ4n) is 3.64. The minimum Gasteiger partial charge on any atom is -0.469 e. The average molecular weight is 505 g/mol. The summed E-state index contributed by atoms with van der Waals surface area (Å²) in [6, 6.07) is 3.93. The molecule has 1 saturated heterocycles. The Balaban J connectivity index is 0.00000280. The highest BCUT2D eigenvalue weighted by Gasteiger charge is 2.15. The van der Waals surface area contributed by atoms with Gasteiger partial charge in [-0.25, -0.2) is 0 Å². The van der Waals surface area contributed by atoms with Crippen LogP contribution in [0.1, 0.15) is 50.7 Å². The van der Waals surface area contributed by atoms with Crippen molar-refractivity contribution in [2.75, 3.05) is 39.5 Å². The molecule has 1 aliphatic heterocycles. The van der Waals surface area contributed by atoms with Gasteiger partial charge in [-0.2, -0.15) is 0 Å².